The van der Waals surface area contributed by atoms with Gasteiger partial charge in [-0.2, -0.15) is 0 Å². The fraction of sp³-hybridized carbons (Fsp3) is 0.936. The normalized spacial score (nSPS) is 12.5. The van der Waals surface area contributed by atoms with Crippen LogP contribution in [0.2, 0.25) is 0 Å². The van der Waals surface area contributed by atoms with Crippen LogP contribution in [-0.2, 0) is 28.6 Å². The molecule has 1 unspecified atom stereocenters. The van der Waals surface area contributed by atoms with E-state index in [1.54, 1.807) is 0 Å². The molecule has 0 spiro atoms. The molecule has 0 saturated heterocycles. The van der Waals surface area contributed by atoms with E-state index in [4.69, 9.17) is 14.2 Å². The van der Waals surface area contributed by atoms with Gasteiger partial charge in [-0.15, -0.1) is 0 Å². The van der Waals surface area contributed by atoms with E-state index in [2.05, 4.69) is 27.7 Å². The zero-order valence-electron chi connectivity index (χ0n) is 36.0. The highest BCUT2D eigenvalue weighted by Crippen LogP contribution is 2.17. The average molecular weight is 751 g/mol. The van der Waals surface area contributed by atoms with Crippen molar-refractivity contribution in [3.8, 4) is 0 Å². The SMILES string of the molecule is CCCCCCCCCCCCCCCC(=O)OC[C@@H](COC(=O)CCCCCCCCCCCC)OC(=O)CCCCCCCCCCC(C)CC. The van der Waals surface area contributed by atoms with Gasteiger partial charge in [-0.25, -0.2) is 0 Å². The first-order chi connectivity index (χ1) is 25.9. The summed E-state index contributed by atoms with van der Waals surface area (Å²) in [5.74, 6) is -0.00967. The molecule has 0 heterocycles. The Morgan fingerprint density at radius 1 is 0.377 bits per heavy atom. The quantitative estimate of drug-likeness (QED) is 0.0351. The van der Waals surface area contributed by atoms with Gasteiger partial charge in [0.1, 0.15) is 13.2 Å². The third-order valence-corrected chi connectivity index (χ3v) is 10.9. The number of hydrogen-bond acceptors (Lipinski definition) is 6. The van der Waals surface area contributed by atoms with Crippen molar-refractivity contribution < 1.29 is 28.6 Å². The van der Waals surface area contributed by atoms with Gasteiger partial charge in [-0.3, -0.25) is 14.4 Å². The largest absolute Gasteiger partial charge is 0.462 e. The first kappa shape index (κ1) is 51.4. The molecule has 0 radical (unpaired) electrons. The van der Waals surface area contributed by atoms with Crippen molar-refractivity contribution in [3.05, 3.63) is 0 Å². The van der Waals surface area contributed by atoms with Crippen molar-refractivity contribution in [2.75, 3.05) is 13.2 Å². The molecule has 0 saturated carbocycles. The lowest BCUT2D eigenvalue weighted by molar-refractivity contribution is -0.167. The lowest BCUT2D eigenvalue weighted by Gasteiger charge is -2.18. The summed E-state index contributed by atoms with van der Waals surface area (Å²) in [5.41, 5.74) is 0. The Kier molecular flexibility index (Phi) is 40.3. The number of unbranched alkanes of at least 4 members (excludes halogenated alkanes) is 28. The predicted molar refractivity (Wildman–Crippen MR) is 224 cm³/mol. The smallest absolute Gasteiger partial charge is 0.306 e. The van der Waals surface area contributed by atoms with Gasteiger partial charge in [0, 0.05) is 19.3 Å². The van der Waals surface area contributed by atoms with Gasteiger partial charge in [0.15, 0.2) is 6.10 Å². The summed E-state index contributed by atoms with van der Waals surface area (Å²) in [7, 11) is 0. The second-order valence-electron chi connectivity index (χ2n) is 16.3. The van der Waals surface area contributed by atoms with E-state index < -0.39 is 6.10 Å². The minimum absolute atomic E-state index is 0.0639. The summed E-state index contributed by atoms with van der Waals surface area (Å²) in [6.45, 7) is 8.99. The highest BCUT2D eigenvalue weighted by molar-refractivity contribution is 5.71. The average Bonchev–Trinajstić information content (AvgIpc) is 3.15. The van der Waals surface area contributed by atoms with Crippen LogP contribution in [0, 0.1) is 5.92 Å². The molecule has 0 aliphatic heterocycles. The Morgan fingerprint density at radius 2 is 0.660 bits per heavy atom. The minimum atomic E-state index is -0.759. The van der Waals surface area contributed by atoms with Crippen molar-refractivity contribution in [2.24, 2.45) is 5.92 Å². The molecule has 0 aromatic rings. The molecule has 6 heteroatoms. The summed E-state index contributed by atoms with van der Waals surface area (Å²) in [6.07, 6.45) is 40.8. The molecule has 0 N–H and O–H groups in total. The van der Waals surface area contributed by atoms with Gasteiger partial charge in [0.25, 0.3) is 0 Å². The maximum Gasteiger partial charge on any atom is 0.306 e. The Bertz CT molecular complexity index is 798. The second kappa shape index (κ2) is 41.6. The van der Waals surface area contributed by atoms with Crippen molar-refractivity contribution in [2.45, 2.75) is 265 Å². The van der Waals surface area contributed by atoms with E-state index in [9.17, 15) is 14.4 Å². The van der Waals surface area contributed by atoms with E-state index in [0.29, 0.717) is 19.3 Å². The summed E-state index contributed by atoms with van der Waals surface area (Å²) in [6, 6.07) is 0. The van der Waals surface area contributed by atoms with Gasteiger partial charge in [-0.05, 0) is 25.2 Å². The van der Waals surface area contributed by atoms with Crippen molar-refractivity contribution in [1.82, 2.24) is 0 Å². The third kappa shape index (κ3) is 39.9. The van der Waals surface area contributed by atoms with Gasteiger partial charge in [-0.1, -0.05) is 220 Å². The Balaban J connectivity index is 4.33. The van der Waals surface area contributed by atoms with Crippen molar-refractivity contribution in [3.63, 3.8) is 0 Å². The Morgan fingerprint density at radius 3 is 0.981 bits per heavy atom. The number of carbonyl (C=O) groups is 3. The van der Waals surface area contributed by atoms with Gasteiger partial charge in [0.05, 0.1) is 0 Å². The first-order valence-corrected chi connectivity index (χ1v) is 23.4. The van der Waals surface area contributed by atoms with Crippen LogP contribution in [0.15, 0.2) is 0 Å². The molecule has 0 amide bonds. The molecular formula is C47H90O6. The molecule has 0 bridgehead atoms. The lowest BCUT2D eigenvalue weighted by atomic mass is 9.99. The van der Waals surface area contributed by atoms with E-state index in [0.717, 1.165) is 63.7 Å². The molecule has 0 aromatic heterocycles. The maximum absolute atomic E-state index is 12.7. The monoisotopic (exact) mass is 751 g/mol. The summed E-state index contributed by atoms with van der Waals surface area (Å²) < 4.78 is 16.7. The van der Waals surface area contributed by atoms with Crippen LogP contribution < -0.4 is 0 Å². The molecule has 314 valence electrons. The summed E-state index contributed by atoms with van der Waals surface area (Å²) in [4.78, 5) is 37.7. The van der Waals surface area contributed by atoms with Crippen LogP contribution >= 0.6 is 0 Å². The fourth-order valence-electron chi connectivity index (χ4n) is 6.95. The van der Waals surface area contributed by atoms with Gasteiger partial charge in [0.2, 0.25) is 0 Å². The van der Waals surface area contributed by atoms with E-state index in [1.165, 1.54) is 154 Å². The number of esters is 3. The standard InChI is InChI=1S/C47H90O6/c1-5-8-10-12-14-16-18-19-20-22-27-31-35-39-46(49)52-42-44(41-51-45(48)38-34-30-26-21-17-15-13-11-9-6-2)53-47(50)40-36-32-28-24-23-25-29-33-37-43(4)7-3/h43-44H,5-42H2,1-4H3/t43?,44-/m1/s1. The molecule has 0 rings (SSSR count). The van der Waals surface area contributed by atoms with Crippen LogP contribution in [0.25, 0.3) is 0 Å². The predicted octanol–water partition coefficient (Wildman–Crippen LogP) is 14.7. The second-order valence-corrected chi connectivity index (χ2v) is 16.3. The van der Waals surface area contributed by atoms with E-state index in [-0.39, 0.29) is 31.1 Å². The topological polar surface area (TPSA) is 78.9 Å². The Hall–Kier alpha value is -1.59. The number of rotatable bonds is 42. The first-order valence-electron chi connectivity index (χ1n) is 23.4. The summed E-state index contributed by atoms with van der Waals surface area (Å²) in [5, 5.41) is 0. The molecule has 0 aromatic carbocycles. The number of carbonyl (C=O) groups excluding carboxylic acids is 3. The fourth-order valence-corrected chi connectivity index (χ4v) is 6.95. The summed E-state index contributed by atoms with van der Waals surface area (Å²) >= 11 is 0. The zero-order chi connectivity index (χ0) is 38.9. The van der Waals surface area contributed by atoms with Crippen LogP contribution in [0.5, 0.6) is 0 Å². The van der Waals surface area contributed by atoms with Crippen LogP contribution in [0.3, 0.4) is 0 Å². The van der Waals surface area contributed by atoms with Crippen LogP contribution in [0.1, 0.15) is 259 Å². The molecule has 0 fully saturated rings. The molecule has 2 atom stereocenters. The molecule has 6 nitrogen and oxygen atoms in total. The highest BCUT2D eigenvalue weighted by Gasteiger charge is 2.19. The minimum Gasteiger partial charge on any atom is -0.462 e. The molecule has 53 heavy (non-hydrogen) atoms. The molecule has 0 aliphatic carbocycles. The molecular weight excluding hydrogens is 661 g/mol. The lowest BCUT2D eigenvalue weighted by Crippen LogP contribution is -2.30. The van der Waals surface area contributed by atoms with Crippen molar-refractivity contribution in [1.29, 1.82) is 0 Å². The Labute approximate surface area is 329 Å². The van der Waals surface area contributed by atoms with Gasteiger partial charge >= 0.3 is 17.9 Å². The number of hydrogen-bond donors (Lipinski definition) is 0. The molecule has 0 aliphatic rings. The van der Waals surface area contributed by atoms with E-state index in [1.807, 2.05) is 0 Å². The number of ether oxygens (including phenoxy) is 3. The third-order valence-electron chi connectivity index (χ3n) is 10.9. The van der Waals surface area contributed by atoms with Gasteiger partial charge < -0.3 is 14.2 Å². The van der Waals surface area contributed by atoms with E-state index >= 15 is 0 Å². The van der Waals surface area contributed by atoms with Crippen LogP contribution in [-0.4, -0.2) is 37.2 Å². The van der Waals surface area contributed by atoms with Crippen molar-refractivity contribution >= 4 is 17.9 Å². The maximum atomic E-state index is 12.7. The zero-order valence-corrected chi connectivity index (χ0v) is 36.0. The highest BCUT2D eigenvalue weighted by atomic mass is 16.6. The van der Waals surface area contributed by atoms with Crippen LogP contribution in [0.4, 0.5) is 0 Å².